The molecule has 0 spiro atoms. The molecule has 0 saturated heterocycles. The van der Waals surface area contributed by atoms with Gasteiger partial charge in [-0.15, -0.1) is 0 Å². The fourth-order valence-corrected chi connectivity index (χ4v) is 1.71. The van der Waals surface area contributed by atoms with Crippen LogP contribution in [-0.2, 0) is 20.9 Å². The molecule has 0 aliphatic rings. The summed E-state index contributed by atoms with van der Waals surface area (Å²) in [6.07, 6.45) is 0.680. The summed E-state index contributed by atoms with van der Waals surface area (Å²) in [5.74, 6) is -1.21. The topological polar surface area (TPSA) is 75.6 Å². The largest absolute Gasteiger partial charge is 0.481 e. The van der Waals surface area contributed by atoms with Crippen LogP contribution in [0.1, 0.15) is 32.3 Å². The molecule has 0 aliphatic heterocycles. The van der Waals surface area contributed by atoms with Crippen molar-refractivity contribution in [3.05, 3.63) is 35.9 Å². The third-order valence-electron chi connectivity index (χ3n) is 3.08. The van der Waals surface area contributed by atoms with Gasteiger partial charge in [-0.25, -0.2) is 0 Å². The number of hydrogen-bond donors (Lipinski definition) is 2. The molecule has 0 heterocycles. The Morgan fingerprint density at radius 3 is 2.52 bits per heavy atom. The van der Waals surface area contributed by atoms with Crippen LogP contribution in [0, 0.1) is 5.41 Å². The lowest BCUT2D eigenvalue weighted by Crippen LogP contribution is -2.34. The molecule has 0 fully saturated rings. The van der Waals surface area contributed by atoms with Gasteiger partial charge in [0.2, 0.25) is 5.91 Å². The lowest BCUT2D eigenvalue weighted by atomic mass is 9.89. The predicted octanol–water partition coefficient (Wildman–Crippen LogP) is 2.21. The summed E-state index contributed by atoms with van der Waals surface area (Å²) < 4.78 is 5.50. The van der Waals surface area contributed by atoms with Crippen LogP contribution in [-0.4, -0.2) is 30.1 Å². The highest BCUT2D eigenvalue weighted by Crippen LogP contribution is 2.19. The summed E-state index contributed by atoms with van der Waals surface area (Å²) in [7, 11) is 0. The number of carboxylic acid groups (broad SMARTS) is 1. The molecule has 0 aliphatic carbocycles. The normalized spacial score (nSPS) is 11.1. The molecular weight excluding hydrogens is 270 g/mol. The first-order valence-corrected chi connectivity index (χ1v) is 7.03. The van der Waals surface area contributed by atoms with Crippen molar-refractivity contribution in [3.8, 4) is 0 Å². The van der Waals surface area contributed by atoms with Crippen molar-refractivity contribution in [1.29, 1.82) is 0 Å². The standard InChI is InChI=1S/C16H23NO4/c1-16(2,15(19)20)11-14(18)17-9-6-10-21-12-13-7-4-3-5-8-13/h3-5,7-8H,6,9-12H2,1-2H3,(H,17,18)(H,19,20). The van der Waals surface area contributed by atoms with Crippen LogP contribution < -0.4 is 5.32 Å². The Hall–Kier alpha value is -1.88. The molecule has 116 valence electrons. The quantitative estimate of drug-likeness (QED) is 0.684. The average Bonchev–Trinajstić information content (AvgIpc) is 2.43. The molecule has 0 atom stereocenters. The molecule has 1 amide bonds. The van der Waals surface area contributed by atoms with Crippen molar-refractivity contribution in [2.45, 2.75) is 33.3 Å². The van der Waals surface area contributed by atoms with E-state index >= 15 is 0 Å². The maximum Gasteiger partial charge on any atom is 0.309 e. The highest BCUT2D eigenvalue weighted by atomic mass is 16.5. The number of rotatable bonds is 9. The number of benzene rings is 1. The van der Waals surface area contributed by atoms with Gasteiger partial charge in [0, 0.05) is 19.6 Å². The van der Waals surface area contributed by atoms with Crippen molar-refractivity contribution < 1.29 is 19.4 Å². The third-order valence-corrected chi connectivity index (χ3v) is 3.08. The molecule has 1 aromatic carbocycles. The van der Waals surface area contributed by atoms with Crippen molar-refractivity contribution in [1.82, 2.24) is 5.32 Å². The second-order valence-electron chi connectivity index (χ2n) is 5.61. The Morgan fingerprint density at radius 1 is 1.24 bits per heavy atom. The summed E-state index contributed by atoms with van der Waals surface area (Å²) in [6.45, 7) is 4.68. The third kappa shape index (κ3) is 6.90. The van der Waals surface area contributed by atoms with Gasteiger partial charge in [-0.1, -0.05) is 30.3 Å². The summed E-state index contributed by atoms with van der Waals surface area (Å²) >= 11 is 0. The SMILES string of the molecule is CC(C)(CC(=O)NCCCOCc1ccccc1)C(=O)O. The second kappa shape index (κ2) is 8.42. The van der Waals surface area contributed by atoms with E-state index in [0.717, 1.165) is 5.56 Å². The van der Waals surface area contributed by atoms with E-state index < -0.39 is 11.4 Å². The number of carboxylic acids is 1. The molecule has 1 aromatic rings. The Balaban J connectivity index is 2.09. The van der Waals surface area contributed by atoms with Gasteiger partial charge >= 0.3 is 5.97 Å². The van der Waals surface area contributed by atoms with Crippen molar-refractivity contribution in [3.63, 3.8) is 0 Å². The van der Waals surface area contributed by atoms with Gasteiger partial charge in [-0.3, -0.25) is 9.59 Å². The van der Waals surface area contributed by atoms with Crippen LogP contribution in [0.15, 0.2) is 30.3 Å². The first kappa shape index (κ1) is 17.2. The number of amides is 1. The number of nitrogens with one attached hydrogen (secondary N) is 1. The van der Waals surface area contributed by atoms with E-state index in [-0.39, 0.29) is 12.3 Å². The number of aliphatic carboxylic acids is 1. The molecule has 0 bridgehead atoms. The van der Waals surface area contributed by atoms with E-state index in [2.05, 4.69) is 5.32 Å². The van der Waals surface area contributed by atoms with E-state index in [9.17, 15) is 9.59 Å². The minimum atomic E-state index is -1.03. The minimum absolute atomic E-state index is 0.0206. The molecular formula is C16H23NO4. The van der Waals surface area contributed by atoms with Crippen LogP contribution >= 0.6 is 0 Å². The van der Waals surface area contributed by atoms with Gasteiger partial charge in [-0.2, -0.15) is 0 Å². The van der Waals surface area contributed by atoms with E-state index in [1.165, 1.54) is 13.8 Å². The number of ether oxygens (including phenoxy) is 1. The van der Waals surface area contributed by atoms with Crippen LogP contribution in [0.3, 0.4) is 0 Å². The zero-order valence-corrected chi connectivity index (χ0v) is 12.6. The maximum atomic E-state index is 11.6. The second-order valence-corrected chi connectivity index (χ2v) is 5.61. The average molecular weight is 293 g/mol. The van der Waals surface area contributed by atoms with E-state index in [1.54, 1.807) is 0 Å². The first-order valence-electron chi connectivity index (χ1n) is 7.03. The summed E-state index contributed by atoms with van der Waals surface area (Å²) in [4.78, 5) is 22.5. The first-order chi connectivity index (χ1) is 9.92. The number of carbonyl (C=O) groups is 2. The highest BCUT2D eigenvalue weighted by Gasteiger charge is 2.29. The fourth-order valence-electron chi connectivity index (χ4n) is 1.71. The van der Waals surface area contributed by atoms with Gasteiger partial charge < -0.3 is 15.2 Å². The molecule has 21 heavy (non-hydrogen) atoms. The van der Waals surface area contributed by atoms with E-state index in [4.69, 9.17) is 9.84 Å². The molecule has 5 nitrogen and oxygen atoms in total. The van der Waals surface area contributed by atoms with Crippen molar-refractivity contribution >= 4 is 11.9 Å². The van der Waals surface area contributed by atoms with Gasteiger partial charge in [-0.05, 0) is 25.8 Å². The lowest BCUT2D eigenvalue weighted by Gasteiger charge is -2.18. The summed E-state index contributed by atoms with van der Waals surface area (Å²) in [5, 5.41) is 11.6. The van der Waals surface area contributed by atoms with Crippen molar-refractivity contribution in [2.75, 3.05) is 13.2 Å². The lowest BCUT2D eigenvalue weighted by molar-refractivity contribution is -0.149. The molecule has 0 unspecified atom stereocenters. The summed E-state index contributed by atoms with van der Waals surface area (Å²) in [5.41, 5.74) is 0.0817. The Bertz CT molecular complexity index is 457. The van der Waals surface area contributed by atoms with Crippen molar-refractivity contribution in [2.24, 2.45) is 5.41 Å². The maximum absolute atomic E-state index is 11.6. The molecule has 1 rings (SSSR count). The molecule has 0 radical (unpaired) electrons. The monoisotopic (exact) mass is 293 g/mol. The Kier molecular flexibility index (Phi) is 6.88. The zero-order chi connectivity index (χ0) is 15.7. The zero-order valence-electron chi connectivity index (χ0n) is 12.6. The van der Waals surface area contributed by atoms with Crippen LogP contribution in [0.25, 0.3) is 0 Å². The molecule has 2 N–H and O–H groups in total. The molecule has 0 aromatic heterocycles. The van der Waals surface area contributed by atoms with Gasteiger partial charge in [0.15, 0.2) is 0 Å². The molecule has 5 heteroatoms. The van der Waals surface area contributed by atoms with Crippen LogP contribution in [0.2, 0.25) is 0 Å². The number of hydrogen-bond acceptors (Lipinski definition) is 3. The van der Waals surface area contributed by atoms with Crippen LogP contribution in [0.5, 0.6) is 0 Å². The van der Waals surface area contributed by atoms with E-state index in [1.807, 2.05) is 30.3 Å². The summed E-state index contributed by atoms with van der Waals surface area (Å²) in [6, 6.07) is 9.87. The van der Waals surface area contributed by atoms with Crippen LogP contribution in [0.4, 0.5) is 0 Å². The number of carbonyl (C=O) groups excluding carboxylic acids is 1. The predicted molar refractivity (Wildman–Crippen MR) is 79.8 cm³/mol. The Labute approximate surface area is 125 Å². The molecule has 0 saturated carbocycles. The van der Waals surface area contributed by atoms with Gasteiger partial charge in [0.1, 0.15) is 0 Å². The van der Waals surface area contributed by atoms with Gasteiger partial charge in [0.05, 0.1) is 12.0 Å². The fraction of sp³-hybridized carbons (Fsp3) is 0.500. The highest BCUT2D eigenvalue weighted by molar-refractivity contribution is 5.84. The Morgan fingerprint density at radius 2 is 1.90 bits per heavy atom. The van der Waals surface area contributed by atoms with Gasteiger partial charge in [0.25, 0.3) is 0 Å². The van der Waals surface area contributed by atoms with E-state index in [0.29, 0.717) is 26.2 Å². The minimum Gasteiger partial charge on any atom is -0.481 e. The smallest absolute Gasteiger partial charge is 0.309 e.